The van der Waals surface area contributed by atoms with Crippen molar-refractivity contribution in [1.29, 1.82) is 0 Å². The second-order valence-corrected chi connectivity index (χ2v) is 6.57. The van der Waals surface area contributed by atoms with Gasteiger partial charge in [0.05, 0.1) is 0 Å². The number of hydrogen-bond donors (Lipinski definition) is 0. The van der Waals surface area contributed by atoms with Gasteiger partial charge in [-0.1, -0.05) is 6.07 Å². The van der Waals surface area contributed by atoms with Gasteiger partial charge in [0.1, 0.15) is 11.6 Å². The fraction of sp³-hybridized carbons (Fsp3) is 0.625. The van der Waals surface area contributed by atoms with Crippen LogP contribution in [-0.2, 0) is 6.54 Å². The smallest absolute Gasteiger partial charge is 0.387 e. The summed E-state index contributed by atoms with van der Waals surface area (Å²) < 4.78 is 42.4. The average molecular weight is 316 g/mol. The predicted octanol–water partition coefficient (Wildman–Crippen LogP) is 3.34. The van der Waals surface area contributed by atoms with E-state index in [-0.39, 0.29) is 11.3 Å². The first-order valence-corrected chi connectivity index (χ1v) is 7.46. The number of rotatable bonds is 4. The Labute approximate surface area is 129 Å². The minimum Gasteiger partial charge on any atom is -0.435 e. The molecular weight excluding hydrogens is 293 g/mol. The van der Waals surface area contributed by atoms with E-state index in [9.17, 15) is 13.2 Å². The molecule has 0 spiro atoms. The summed E-state index contributed by atoms with van der Waals surface area (Å²) in [5.74, 6) is -0.648. The first-order valence-electron chi connectivity index (χ1n) is 7.46. The normalized spacial score (nSPS) is 18.0. The minimum atomic E-state index is -2.93. The number of hydrogen-bond acceptors (Lipinski definition) is 3. The maximum absolute atomic E-state index is 14.0. The standard InChI is InChI=1S/C16H23F3N2O/c1-16(2,3)21-8-6-20(7-9-21)11-12-4-5-13(10-14(12)17)22-15(18)19/h4-5,10,15H,6-9,11H2,1-3H3. The molecule has 0 radical (unpaired) electrons. The van der Waals surface area contributed by atoms with Crippen molar-refractivity contribution in [1.82, 2.24) is 9.80 Å². The molecule has 0 N–H and O–H groups in total. The van der Waals surface area contributed by atoms with Gasteiger partial charge in [-0.2, -0.15) is 8.78 Å². The molecule has 2 rings (SSSR count). The van der Waals surface area contributed by atoms with E-state index in [1.165, 1.54) is 12.1 Å². The number of halogens is 3. The number of nitrogens with zero attached hydrogens (tertiary/aromatic N) is 2. The van der Waals surface area contributed by atoms with Gasteiger partial charge >= 0.3 is 6.61 Å². The van der Waals surface area contributed by atoms with Crippen LogP contribution < -0.4 is 4.74 Å². The Bertz CT molecular complexity index is 495. The lowest BCUT2D eigenvalue weighted by molar-refractivity contribution is -0.0500. The monoisotopic (exact) mass is 316 g/mol. The van der Waals surface area contributed by atoms with Gasteiger partial charge in [0.15, 0.2) is 0 Å². The molecule has 0 amide bonds. The maximum atomic E-state index is 14.0. The summed E-state index contributed by atoms with van der Waals surface area (Å²) in [6.07, 6.45) is 0. The molecule has 6 heteroatoms. The summed E-state index contributed by atoms with van der Waals surface area (Å²) in [4.78, 5) is 4.58. The highest BCUT2D eigenvalue weighted by Gasteiger charge is 2.26. The van der Waals surface area contributed by atoms with Crippen molar-refractivity contribution in [2.45, 2.75) is 39.5 Å². The van der Waals surface area contributed by atoms with Crippen LogP contribution in [0.4, 0.5) is 13.2 Å². The second kappa shape index (κ2) is 6.87. The zero-order chi connectivity index (χ0) is 16.3. The highest BCUT2D eigenvalue weighted by Crippen LogP contribution is 2.21. The summed E-state index contributed by atoms with van der Waals surface area (Å²) in [6.45, 7) is 7.72. The quantitative estimate of drug-likeness (QED) is 0.847. The molecule has 22 heavy (non-hydrogen) atoms. The van der Waals surface area contributed by atoms with Gasteiger partial charge in [-0.3, -0.25) is 9.80 Å². The van der Waals surface area contributed by atoms with Gasteiger partial charge in [0.25, 0.3) is 0 Å². The molecule has 1 aromatic rings. The topological polar surface area (TPSA) is 15.7 Å². The van der Waals surface area contributed by atoms with Gasteiger partial charge < -0.3 is 4.74 Å². The van der Waals surface area contributed by atoms with Crippen LogP contribution in [0.2, 0.25) is 0 Å². The molecule has 1 heterocycles. The Hall–Kier alpha value is -1.27. The van der Waals surface area contributed by atoms with E-state index in [0.29, 0.717) is 12.1 Å². The maximum Gasteiger partial charge on any atom is 0.387 e. The van der Waals surface area contributed by atoms with E-state index >= 15 is 0 Å². The Kier molecular flexibility index (Phi) is 5.34. The molecule has 0 atom stereocenters. The molecule has 1 aliphatic rings. The van der Waals surface area contributed by atoms with Crippen LogP contribution in [0.3, 0.4) is 0 Å². The van der Waals surface area contributed by atoms with Gasteiger partial charge in [0.2, 0.25) is 0 Å². The summed E-state index contributed by atoms with van der Waals surface area (Å²) >= 11 is 0. The zero-order valence-corrected chi connectivity index (χ0v) is 13.3. The Morgan fingerprint density at radius 3 is 2.27 bits per heavy atom. The third-order valence-corrected chi connectivity index (χ3v) is 3.96. The van der Waals surface area contributed by atoms with E-state index in [0.717, 1.165) is 32.2 Å². The van der Waals surface area contributed by atoms with Crippen molar-refractivity contribution in [3.63, 3.8) is 0 Å². The summed E-state index contributed by atoms with van der Waals surface area (Å²) in [7, 11) is 0. The molecule has 1 saturated heterocycles. The number of piperazine rings is 1. The van der Waals surface area contributed by atoms with Gasteiger partial charge in [0, 0.05) is 49.9 Å². The van der Waals surface area contributed by atoms with Crippen LogP contribution in [-0.4, -0.2) is 48.1 Å². The van der Waals surface area contributed by atoms with Gasteiger partial charge in [-0.15, -0.1) is 0 Å². The van der Waals surface area contributed by atoms with Gasteiger partial charge in [-0.25, -0.2) is 4.39 Å². The van der Waals surface area contributed by atoms with Crippen LogP contribution in [0.5, 0.6) is 5.75 Å². The van der Waals surface area contributed by atoms with Crippen LogP contribution in [0.15, 0.2) is 18.2 Å². The molecule has 0 aromatic heterocycles. The largest absolute Gasteiger partial charge is 0.435 e. The van der Waals surface area contributed by atoms with Crippen LogP contribution in [0.25, 0.3) is 0 Å². The molecule has 0 unspecified atom stereocenters. The third kappa shape index (κ3) is 4.61. The molecule has 3 nitrogen and oxygen atoms in total. The number of ether oxygens (including phenoxy) is 1. The van der Waals surface area contributed by atoms with Crippen molar-refractivity contribution in [2.24, 2.45) is 0 Å². The predicted molar refractivity (Wildman–Crippen MR) is 79.6 cm³/mol. The lowest BCUT2D eigenvalue weighted by Crippen LogP contribution is -2.53. The Morgan fingerprint density at radius 2 is 1.77 bits per heavy atom. The Morgan fingerprint density at radius 1 is 1.14 bits per heavy atom. The van der Waals surface area contributed by atoms with E-state index in [1.807, 2.05) is 0 Å². The Balaban J connectivity index is 1.92. The van der Waals surface area contributed by atoms with E-state index in [2.05, 4.69) is 35.3 Å². The fourth-order valence-electron chi connectivity index (χ4n) is 2.65. The molecule has 0 bridgehead atoms. The number of benzene rings is 1. The lowest BCUT2D eigenvalue weighted by atomic mass is 10.0. The van der Waals surface area contributed by atoms with Crippen LogP contribution in [0.1, 0.15) is 26.3 Å². The van der Waals surface area contributed by atoms with Crippen molar-refractivity contribution >= 4 is 0 Å². The zero-order valence-electron chi connectivity index (χ0n) is 13.3. The van der Waals surface area contributed by atoms with Crippen LogP contribution >= 0.6 is 0 Å². The molecular formula is C16H23F3N2O. The van der Waals surface area contributed by atoms with E-state index in [1.54, 1.807) is 0 Å². The molecule has 1 aliphatic heterocycles. The van der Waals surface area contributed by atoms with Crippen molar-refractivity contribution in [2.75, 3.05) is 26.2 Å². The highest BCUT2D eigenvalue weighted by atomic mass is 19.3. The first kappa shape index (κ1) is 17.1. The lowest BCUT2D eigenvalue weighted by Gasteiger charge is -2.42. The molecule has 124 valence electrons. The van der Waals surface area contributed by atoms with E-state index in [4.69, 9.17) is 0 Å². The van der Waals surface area contributed by atoms with Gasteiger partial charge in [-0.05, 0) is 26.8 Å². The van der Waals surface area contributed by atoms with Crippen molar-refractivity contribution in [3.8, 4) is 5.75 Å². The van der Waals surface area contributed by atoms with Crippen molar-refractivity contribution < 1.29 is 17.9 Å². The second-order valence-electron chi connectivity index (χ2n) is 6.57. The molecule has 0 saturated carbocycles. The summed E-state index contributed by atoms with van der Waals surface area (Å²) in [5, 5.41) is 0. The third-order valence-electron chi connectivity index (χ3n) is 3.96. The summed E-state index contributed by atoms with van der Waals surface area (Å²) in [6, 6.07) is 3.92. The average Bonchev–Trinajstić information content (AvgIpc) is 2.41. The number of alkyl halides is 2. The van der Waals surface area contributed by atoms with Crippen molar-refractivity contribution in [3.05, 3.63) is 29.6 Å². The highest BCUT2D eigenvalue weighted by molar-refractivity contribution is 5.29. The molecule has 1 fully saturated rings. The SMILES string of the molecule is CC(C)(C)N1CCN(Cc2ccc(OC(F)F)cc2F)CC1. The molecule has 0 aliphatic carbocycles. The van der Waals surface area contributed by atoms with E-state index < -0.39 is 12.4 Å². The molecule has 1 aromatic carbocycles. The van der Waals surface area contributed by atoms with Crippen LogP contribution in [0, 0.1) is 5.82 Å². The fourth-order valence-corrected chi connectivity index (χ4v) is 2.65. The first-order chi connectivity index (χ1) is 10.3. The summed E-state index contributed by atoms with van der Waals surface area (Å²) in [5.41, 5.74) is 0.650. The minimum absolute atomic E-state index is 0.144.